The first-order chi connectivity index (χ1) is 16.8. The Morgan fingerprint density at radius 3 is 2.34 bits per heavy atom. The van der Waals surface area contributed by atoms with Crippen molar-refractivity contribution in [2.75, 3.05) is 0 Å². The molecular formula is C24H21N5O6. The van der Waals surface area contributed by atoms with E-state index in [0.29, 0.717) is 23.1 Å². The average Bonchev–Trinajstić information content (AvgIpc) is 3.43. The number of hydrogen-bond acceptors (Lipinski definition) is 6. The van der Waals surface area contributed by atoms with Crippen molar-refractivity contribution in [2.24, 2.45) is 0 Å². The summed E-state index contributed by atoms with van der Waals surface area (Å²) in [7, 11) is 0. The van der Waals surface area contributed by atoms with Crippen LogP contribution in [0.3, 0.4) is 0 Å². The molecule has 0 aliphatic rings. The number of para-hydroxylation sites is 1. The van der Waals surface area contributed by atoms with Crippen LogP contribution in [0.2, 0.25) is 0 Å². The number of carboxylic acids is 2. The highest BCUT2D eigenvalue weighted by atomic mass is 16.4. The summed E-state index contributed by atoms with van der Waals surface area (Å²) in [6, 6.07) is 15.0. The molecule has 1 amide bonds. The number of aromatic nitrogens is 4. The Balaban J connectivity index is 1.56. The van der Waals surface area contributed by atoms with Crippen molar-refractivity contribution >= 4 is 34.5 Å². The second kappa shape index (κ2) is 10.00. The lowest BCUT2D eigenvalue weighted by atomic mass is 10.1. The van der Waals surface area contributed by atoms with Gasteiger partial charge in [0.25, 0.3) is 11.7 Å². The van der Waals surface area contributed by atoms with Crippen LogP contribution in [0.4, 0.5) is 0 Å². The molecule has 11 heteroatoms. The predicted molar refractivity (Wildman–Crippen MR) is 123 cm³/mol. The summed E-state index contributed by atoms with van der Waals surface area (Å²) in [5.41, 5.74) is 2.44. The number of ketones is 1. The van der Waals surface area contributed by atoms with Crippen molar-refractivity contribution in [3.8, 4) is 0 Å². The van der Waals surface area contributed by atoms with E-state index in [4.69, 9.17) is 10.2 Å². The van der Waals surface area contributed by atoms with E-state index in [2.05, 4.69) is 10.3 Å². The van der Waals surface area contributed by atoms with Gasteiger partial charge in [-0.3, -0.25) is 14.4 Å². The van der Waals surface area contributed by atoms with Crippen LogP contribution in [0, 0.1) is 0 Å². The average molecular weight is 475 g/mol. The number of aliphatic carboxylic acids is 2. The lowest BCUT2D eigenvalue weighted by Crippen LogP contribution is -2.45. The minimum absolute atomic E-state index is 0.0641. The van der Waals surface area contributed by atoms with Crippen molar-refractivity contribution in [3.05, 3.63) is 83.8 Å². The van der Waals surface area contributed by atoms with E-state index in [-0.39, 0.29) is 12.1 Å². The lowest BCUT2D eigenvalue weighted by molar-refractivity contribution is -0.146. The zero-order chi connectivity index (χ0) is 24.9. The molecule has 0 radical (unpaired) electrons. The molecule has 2 heterocycles. The van der Waals surface area contributed by atoms with Crippen LogP contribution >= 0.6 is 0 Å². The number of amides is 1. The van der Waals surface area contributed by atoms with Crippen molar-refractivity contribution in [2.45, 2.75) is 25.6 Å². The maximum absolute atomic E-state index is 12.9. The summed E-state index contributed by atoms with van der Waals surface area (Å²) < 4.78 is 3.45. The number of carbonyl (C=O) groups excluding carboxylic acids is 2. The fourth-order valence-corrected chi connectivity index (χ4v) is 3.71. The maximum Gasteiger partial charge on any atom is 0.326 e. The molecule has 178 valence electrons. The number of nitrogens with one attached hydrogen (secondary N) is 1. The van der Waals surface area contributed by atoms with Gasteiger partial charge in [0.05, 0.1) is 31.3 Å². The number of carboxylic acid groups (broad SMARTS) is 2. The standard InChI is InChI=1S/C24H21N5O6/c30-21(31)10-19(24(34)35)25-23(33)22(32)18-14-28(20-9-5-4-8-17(18)20)12-16-13-29(27-26-16)11-15-6-2-1-3-7-15/h1-9,13-14,19H,10-12H2,(H,25,33)(H,30,31)(H,34,35)/t19-/m0/s1. The minimum Gasteiger partial charge on any atom is -0.481 e. The highest BCUT2D eigenvalue weighted by molar-refractivity contribution is 6.45. The van der Waals surface area contributed by atoms with E-state index in [1.54, 1.807) is 39.7 Å². The summed E-state index contributed by atoms with van der Waals surface area (Å²) >= 11 is 0. The molecule has 4 rings (SSSR count). The molecule has 0 aliphatic carbocycles. The molecule has 0 unspecified atom stereocenters. The van der Waals surface area contributed by atoms with Crippen LogP contribution in [0.15, 0.2) is 67.0 Å². The molecule has 0 spiro atoms. The first kappa shape index (κ1) is 23.4. The molecule has 35 heavy (non-hydrogen) atoms. The number of Topliss-reactive ketones (excluding diaryl/α,β-unsaturated/α-hetero) is 1. The van der Waals surface area contributed by atoms with E-state index >= 15 is 0 Å². The number of fused-ring (bicyclic) bond motifs is 1. The topological polar surface area (TPSA) is 156 Å². The van der Waals surface area contributed by atoms with Crippen LogP contribution in [0.5, 0.6) is 0 Å². The summed E-state index contributed by atoms with van der Waals surface area (Å²) in [5, 5.41) is 28.8. The molecular weight excluding hydrogens is 454 g/mol. The largest absolute Gasteiger partial charge is 0.481 e. The molecule has 3 N–H and O–H groups in total. The van der Waals surface area contributed by atoms with E-state index < -0.39 is 36.1 Å². The van der Waals surface area contributed by atoms with Gasteiger partial charge in [-0.1, -0.05) is 53.7 Å². The van der Waals surface area contributed by atoms with Crippen LogP contribution in [0.25, 0.3) is 10.9 Å². The Hall–Kier alpha value is -4.80. The SMILES string of the molecule is O=C(O)C[C@H](NC(=O)C(=O)c1cn(Cc2cn(Cc3ccccc3)nn2)c2ccccc12)C(=O)O. The Labute approximate surface area is 198 Å². The molecule has 4 aromatic rings. The zero-order valence-electron chi connectivity index (χ0n) is 18.4. The smallest absolute Gasteiger partial charge is 0.326 e. The van der Waals surface area contributed by atoms with Crippen molar-refractivity contribution in [1.29, 1.82) is 0 Å². The van der Waals surface area contributed by atoms with Gasteiger partial charge in [0.1, 0.15) is 11.7 Å². The number of benzene rings is 2. The van der Waals surface area contributed by atoms with Crippen LogP contribution in [-0.4, -0.2) is 59.4 Å². The lowest BCUT2D eigenvalue weighted by Gasteiger charge is -2.11. The van der Waals surface area contributed by atoms with Crippen molar-refractivity contribution < 1.29 is 29.4 Å². The summed E-state index contributed by atoms with van der Waals surface area (Å²) in [6.45, 7) is 0.826. The zero-order valence-corrected chi connectivity index (χ0v) is 18.4. The van der Waals surface area contributed by atoms with E-state index in [0.717, 1.165) is 5.56 Å². The van der Waals surface area contributed by atoms with Crippen molar-refractivity contribution in [1.82, 2.24) is 24.9 Å². The van der Waals surface area contributed by atoms with Crippen molar-refractivity contribution in [3.63, 3.8) is 0 Å². The van der Waals surface area contributed by atoms with Gasteiger partial charge < -0.3 is 20.1 Å². The quantitative estimate of drug-likeness (QED) is 0.230. The third-order valence-electron chi connectivity index (χ3n) is 5.33. The third-order valence-corrected chi connectivity index (χ3v) is 5.33. The Morgan fingerprint density at radius 1 is 0.914 bits per heavy atom. The molecule has 0 aliphatic heterocycles. The fraction of sp³-hybridized carbons (Fsp3) is 0.167. The van der Waals surface area contributed by atoms with Gasteiger partial charge >= 0.3 is 11.9 Å². The summed E-state index contributed by atoms with van der Waals surface area (Å²) in [5.74, 6) is -5.13. The summed E-state index contributed by atoms with van der Waals surface area (Å²) in [6.07, 6.45) is 2.43. The second-order valence-corrected chi connectivity index (χ2v) is 7.87. The molecule has 0 fully saturated rings. The van der Waals surface area contributed by atoms with Gasteiger partial charge in [-0.05, 0) is 11.6 Å². The Morgan fingerprint density at radius 2 is 1.63 bits per heavy atom. The van der Waals surface area contributed by atoms with Gasteiger partial charge in [0.15, 0.2) is 0 Å². The normalized spacial score (nSPS) is 11.8. The van der Waals surface area contributed by atoms with Gasteiger partial charge in [0.2, 0.25) is 0 Å². The molecule has 0 saturated heterocycles. The van der Waals surface area contributed by atoms with Gasteiger partial charge in [-0.15, -0.1) is 5.10 Å². The highest BCUT2D eigenvalue weighted by Gasteiger charge is 2.28. The third kappa shape index (κ3) is 5.41. The van der Waals surface area contributed by atoms with Gasteiger partial charge in [-0.2, -0.15) is 0 Å². The van der Waals surface area contributed by atoms with Gasteiger partial charge in [0, 0.05) is 17.1 Å². The molecule has 0 bridgehead atoms. The molecule has 0 saturated carbocycles. The number of nitrogens with zero attached hydrogens (tertiary/aromatic N) is 4. The summed E-state index contributed by atoms with van der Waals surface area (Å²) in [4.78, 5) is 47.5. The number of hydrogen-bond donors (Lipinski definition) is 3. The predicted octanol–water partition coefficient (Wildman–Crippen LogP) is 1.56. The first-order valence-corrected chi connectivity index (χ1v) is 10.6. The molecule has 11 nitrogen and oxygen atoms in total. The molecule has 2 aromatic carbocycles. The van der Waals surface area contributed by atoms with E-state index in [1.807, 2.05) is 35.6 Å². The first-order valence-electron chi connectivity index (χ1n) is 10.6. The van der Waals surface area contributed by atoms with Gasteiger partial charge in [-0.25, -0.2) is 9.48 Å². The second-order valence-electron chi connectivity index (χ2n) is 7.87. The minimum atomic E-state index is -1.73. The van der Waals surface area contributed by atoms with Crippen LogP contribution < -0.4 is 5.32 Å². The molecule has 1 atom stereocenters. The molecule has 2 aromatic heterocycles. The number of rotatable bonds is 10. The Bertz CT molecular complexity index is 1410. The van der Waals surface area contributed by atoms with Crippen LogP contribution in [-0.2, 0) is 27.5 Å². The van der Waals surface area contributed by atoms with Crippen LogP contribution in [0.1, 0.15) is 28.0 Å². The highest BCUT2D eigenvalue weighted by Crippen LogP contribution is 2.23. The van der Waals surface area contributed by atoms with E-state index in [9.17, 15) is 19.2 Å². The number of carbonyl (C=O) groups is 4. The monoisotopic (exact) mass is 475 g/mol. The fourth-order valence-electron chi connectivity index (χ4n) is 3.71. The van der Waals surface area contributed by atoms with E-state index in [1.165, 1.54) is 6.20 Å². The maximum atomic E-state index is 12.9. The Kier molecular flexibility index (Phi) is 6.67.